The van der Waals surface area contributed by atoms with Gasteiger partial charge in [-0.25, -0.2) is 14.2 Å². The van der Waals surface area contributed by atoms with E-state index < -0.39 is 11.7 Å². The lowest BCUT2D eigenvalue weighted by Gasteiger charge is -2.44. The zero-order valence-electron chi connectivity index (χ0n) is 20.1. The van der Waals surface area contributed by atoms with Crippen molar-refractivity contribution in [2.24, 2.45) is 17.6 Å². The van der Waals surface area contributed by atoms with Crippen molar-refractivity contribution in [1.82, 2.24) is 14.9 Å². The van der Waals surface area contributed by atoms with Crippen LogP contribution in [0.15, 0.2) is 18.3 Å². The number of carbonyl (C=O) groups is 2. The Balaban J connectivity index is 1.14. The van der Waals surface area contributed by atoms with Gasteiger partial charge in [0.15, 0.2) is 18.2 Å². The summed E-state index contributed by atoms with van der Waals surface area (Å²) in [6, 6.07) is 3.38. The summed E-state index contributed by atoms with van der Waals surface area (Å²) < 4.78 is 25.6. The van der Waals surface area contributed by atoms with Crippen LogP contribution in [0.25, 0.3) is 0 Å². The lowest BCUT2D eigenvalue weighted by molar-refractivity contribution is -0.118. The number of fused-ring (bicyclic) bond motifs is 2. The summed E-state index contributed by atoms with van der Waals surface area (Å²) in [6.45, 7) is 4.89. The number of carbonyl (C=O) groups excluding carboxylic acids is 2. The average molecular weight is 497 g/mol. The van der Waals surface area contributed by atoms with Crippen molar-refractivity contribution in [3.05, 3.63) is 41.0 Å². The van der Waals surface area contributed by atoms with Crippen LogP contribution in [-0.4, -0.2) is 71.8 Å². The molecule has 36 heavy (non-hydrogen) atoms. The third kappa shape index (κ3) is 3.86. The van der Waals surface area contributed by atoms with Crippen LogP contribution < -0.4 is 20.7 Å². The Bertz CT molecular complexity index is 1210. The fourth-order valence-corrected chi connectivity index (χ4v) is 6.10. The predicted octanol–water partition coefficient (Wildman–Crippen LogP) is 1.65. The second kappa shape index (κ2) is 8.67. The Kier molecular flexibility index (Phi) is 5.56. The Morgan fingerprint density at radius 1 is 1.28 bits per heavy atom. The Morgan fingerprint density at radius 2 is 2.11 bits per heavy atom. The van der Waals surface area contributed by atoms with Crippen molar-refractivity contribution in [2.75, 3.05) is 49.5 Å². The van der Waals surface area contributed by atoms with Crippen molar-refractivity contribution in [3.8, 4) is 5.75 Å². The van der Waals surface area contributed by atoms with E-state index in [0.29, 0.717) is 55.8 Å². The van der Waals surface area contributed by atoms with Gasteiger partial charge in [0.2, 0.25) is 0 Å². The van der Waals surface area contributed by atoms with Crippen molar-refractivity contribution in [3.63, 3.8) is 0 Å². The first-order chi connectivity index (χ1) is 17.3. The molecule has 1 aliphatic carbocycles. The minimum absolute atomic E-state index is 0.0511. The van der Waals surface area contributed by atoms with Gasteiger partial charge >= 0.3 is 6.09 Å². The zero-order chi connectivity index (χ0) is 25.0. The second-order valence-corrected chi connectivity index (χ2v) is 10.2. The SMILES string of the molecule is Cc1ncc(F)c2c1CC(CN1CCC3(CN(c4ccc5c(n4)NC(=O)CO5)C(=O)O3)C(CN)C1)C2. The number of nitrogens with two attached hydrogens (primary N) is 1. The normalized spacial score (nSPS) is 27.5. The molecule has 0 aromatic carbocycles. The van der Waals surface area contributed by atoms with Gasteiger partial charge in [-0.15, -0.1) is 0 Å². The summed E-state index contributed by atoms with van der Waals surface area (Å²) in [5, 5.41) is 2.68. The topological polar surface area (TPSA) is 123 Å². The number of piperidine rings is 1. The maximum Gasteiger partial charge on any atom is 0.416 e. The van der Waals surface area contributed by atoms with Crippen LogP contribution in [0.1, 0.15) is 23.2 Å². The van der Waals surface area contributed by atoms with Gasteiger partial charge in [0.25, 0.3) is 5.91 Å². The summed E-state index contributed by atoms with van der Waals surface area (Å²) in [4.78, 5) is 37.1. The molecule has 2 fully saturated rings. The van der Waals surface area contributed by atoms with Crippen LogP contribution in [0.4, 0.5) is 20.8 Å². The van der Waals surface area contributed by atoms with Crippen LogP contribution in [-0.2, 0) is 22.4 Å². The van der Waals surface area contributed by atoms with E-state index >= 15 is 0 Å². The summed E-state index contributed by atoms with van der Waals surface area (Å²) in [5.74, 6) is 0.928. The first-order valence-corrected chi connectivity index (χ1v) is 12.3. The van der Waals surface area contributed by atoms with Gasteiger partial charge in [-0.1, -0.05) is 0 Å². The van der Waals surface area contributed by atoms with E-state index in [1.165, 1.54) is 11.1 Å². The molecule has 2 amide bonds. The van der Waals surface area contributed by atoms with Crippen LogP contribution in [0.3, 0.4) is 0 Å². The van der Waals surface area contributed by atoms with Crippen molar-refractivity contribution in [2.45, 2.75) is 31.8 Å². The number of hydrogen-bond acceptors (Lipinski definition) is 8. The molecule has 2 aromatic heterocycles. The van der Waals surface area contributed by atoms with Crippen LogP contribution in [0.2, 0.25) is 0 Å². The molecule has 0 radical (unpaired) electrons. The number of amides is 2. The highest BCUT2D eigenvalue weighted by atomic mass is 19.1. The van der Waals surface area contributed by atoms with Gasteiger partial charge in [0.1, 0.15) is 17.2 Å². The smallest absolute Gasteiger partial charge is 0.416 e. The van der Waals surface area contributed by atoms with Gasteiger partial charge < -0.3 is 25.4 Å². The monoisotopic (exact) mass is 496 g/mol. The quantitative estimate of drug-likeness (QED) is 0.655. The maximum atomic E-state index is 14.3. The molecule has 11 heteroatoms. The predicted molar refractivity (Wildman–Crippen MR) is 128 cm³/mol. The second-order valence-electron chi connectivity index (χ2n) is 10.2. The average Bonchev–Trinajstić information content (AvgIpc) is 3.44. The van der Waals surface area contributed by atoms with Gasteiger partial charge in [0, 0.05) is 44.2 Å². The number of nitrogens with zero attached hydrogens (tertiary/aromatic N) is 4. The lowest BCUT2D eigenvalue weighted by atomic mass is 9.80. The molecular formula is C25H29FN6O4. The first kappa shape index (κ1) is 23.1. The van der Waals surface area contributed by atoms with E-state index in [2.05, 4.69) is 20.2 Å². The number of hydrogen-bond donors (Lipinski definition) is 2. The third-order valence-electron chi connectivity index (χ3n) is 7.99. The van der Waals surface area contributed by atoms with Crippen molar-refractivity contribution in [1.29, 1.82) is 0 Å². The number of likely N-dealkylation sites (tertiary alicyclic amines) is 1. The molecule has 6 rings (SSSR count). The molecule has 190 valence electrons. The van der Waals surface area contributed by atoms with E-state index in [1.807, 2.05) is 6.92 Å². The Hall–Kier alpha value is -3.31. The van der Waals surface area contributed by atoms with Crippen LogP contribution in [0, 0.1) is 24.6 Å². The highest BCUT2D eigenvalue weighted by Crippen LogP contribution is 2.40. The van der Waals surface area contributed by atoms with E-state index in [1.54, 1.807) is 12.1 Å². The molecule has 10 nitrogen and oxygen atoms in total. The van der Waals surface area contributed by atoms with Gasteiger partial charge in [-0.05, 0) is 48.9 Å². The van der Waals surface area contributed by atoms with E-state index in [-0.39, 0.29) is 24.2 Å². The maximum absolute atomic E-state index is 14.3. The first-order valence-electron chi connectivity index (χ1n) is 12.3. The van der Waals surface area contributed by atoms with E-state index in [4.69, 9.17) is 15.2 Å². The van der Waals surface area contributed by atoms with Crippen LogP contribution >= 0.6 is 0 Å². The minimum atomic E-state index is -0.703. The standard InChI is InChI=1S/C25H29FN6O4/c1-14-17-6-15(7-18(17)19(26)9-28-14)10-31-5-4-25(16(8-27)11-31)13-32(24(34)36-25)21-3-2-20-23(29-21)30-22(33)12-35-20/h2-3,9,15-16H,4-8,10-13,27H2,1H3,(H,29,30,33). The number of rotatable bonds is 4. The van der Waals surface area contributed by atoms with Crippen molar-refractivity contribution >= 4 is 23.6 Å². The fraction of sp³-hybridized carbons (Fsp3) is 0.520. The summed E-state index contributed by atoms with van der Waals surface area (Å²) in [7, 11) is 0. The molecule has 3 aliphatic heterocycles. The zero-order valence-corrected chi connectivity index (χ0v) is 20.1. The molecule has 4 aliphatic rings. The number of pyridine rings is 2. The number of halogens is 1. The highest BCUT2D eigenvalue weighted by molar-refractivity contribution is 5.95. The molecule has 0 bridgehead atoms. The largest absolute Gasteiger partial charge is 0.480 e. The number of aryl methyl sites for hydroxylation is 1. The molecule has 3 unspecified atom stereocenters. The fourth-order valence-electron chi connectivity index (χ4n) is 6.10. The molecule has 1 spiro atoms. The van der Waals surface area contributed by atoms with E-state index in [0.717, 1.165) is 36.3 Å². The third-order valence-corrected chi connectivity index (χ3v) is 7.99. The number of nitrogens with one attached hydrogen (secondary N) is 1. The number of ether oxygens (including phenoxy) is 2. The van der Waals surface area contributed by atoms with Crippen molar-refractivity contribution < 1.29 is 23.5 Å². The summed E-state index contributed by atoms with van der Waals surface area (Å²) >= 11 is 0. The minimum Gasteiger partial charge on any atom is -0.480 e. The van der Waals surface area contributed by atoms with Gasteiger partial charge in [-0.3, -0.25) is 14.7 Å². The van der Waals surface area contributed by atoms with Gasteiger partial charge in [0.05, 0.1) is 12.7 Å². The van der Waals surface area contributed by atoms with E-state index in [9.17, 15) is 14.0 Å². The number of aromatic nitrogens is 2. The lowest BCUT2D eigenvalue weighted by Crippen LogP contribution is -2.57. The molecule has 3 atom stereocenters. The number of anilines is 2. The summed E-state index contributed by atoms with van der Waals surface area (Å²) in [6.07, 6.45) is 3.04. The molecule has 5 heterocycles. The van der Waals surface area contributed by atoms with Gasteiger partial charge in [-0.2, -0.15) is 0 Å². The highest BCUT2D eigenvalue weighted by Gasteiger charge is 2.53. The Morgan fingerprint density at radius 3 is 2.92 bits per heavy atom. The molecule has 2 aromatic rings. The Labute approximate surface area is 208 Å². The molecule has 2 saturated heterocycles. The summed E-state index contributed by atoms with van der Waals surface area (Å²) in [5.41, 5.74) is 8.25. The molecule has 3 N–H and O–H groups in total. The van der Waals surface area contributed by atoms with Crippen LogP contribution in [0.5, 0.6) is 5.75 Å². The molecular weight excluding hydrogens is 467 g/mol. The molecule has 0 saturated carbocycles.